The molecule has 0 amide bonds. The van der Waals surface area contributed by atoms with Crippen molar-refractivity contribution in [2.45, 2.75) is 84.3 Å². The van der Waals surface area contributed by atoms with Crippen LogP contribution in [0.1, 0.15) is 72.6 Å². The Bertz CT molecular complexity index is 541. The summed E-state index contributed by atoms with van der Waals surface area (Å²) in [5.74, 6) is -0.346. The van der Waals surface area contributed by atoms with Crippen molar-refractivity contribution in [3.05, 3.63) is 11.6 Å². The van der Waals surface area contributed by atoms with Crippen molar-refractivity contribution in [2.75, 3.05) is 13.2 Å². The molecule has 0 aliphatic heterocycles. The Balaban J connectivity index is 2.39. The largest absolute Gasteiger partial charge is 0.458 e. The van der Waals surface area contributed by atoms with E-state index < -0.39 is 23.7 Å². The van der Waals surface area contributed by atoms with Gasteiger partial charge < -0.3 is 20.1 Å². The first kappa shape index (κ1) is 21.4. The van der Waals surface area contributed by atoms with Gasteiger partial charge in [0, 0.05) is 17.8 Å². The Morgan fingerprint density at radius 1 is 1.23 bits per heavy atom. The third-order valence-corrected chi connectivity index (χ3v) is 6.87. The molecule has 1 fully saturated rings. The van der Waals surface area contributed by atoms with Gasteiger partial charge in [-0.1, -0.05) is 47.0 Å². The second-order valence-electron chi connectivity index (χ2n) is 9.02. The fourth-order valence-corrected chi connectivity index (χ4v) is 5.45. The Morgan fingerprint density at radius 2 is 1.92 bits per heavy atom. The van der Waals surface area contributed by atoms with Gasteiger partial charge >= 0.3 is 5.97 Å². The number of hydrogen-bond donors (Lipinski definition) is 3. The molecule has 0 spiro atoms. The molecule has 0 heterocycles. The van der Waals surface area contributed by atoms with Crippen LogP contribution >= 0.6 is 0 Å². The molecule has 5 heteroatoms. The summed E-state index contributed by atoms with van der Waals surface area (Å²) in [5.41, 5.74) is -1.94. The van der Waals surface area contributed by atoms with Crippen LogP contribution in [0.5, 0.6) is 0 Å². The summed E-state index contributed by atoms with van der Waals surface area (Å²) >= 11 is 0. The van der Waals surface area contributed by atoms with Crippen LogP contribution in [-0.2, 0) is 9.53 Å². The van der Waals surface area contributed by atoms with E-state index in [4.69, 9.17) is 4.74 Å². The molecule has 3 N–H and O–H groups in total. The summed E-state index contributed by atoms with van der Waals surface area (Å²) in [6.45, 7) is 7.54. The molecule has 5 nitrogen and oxygen atoms in total. The van der Waals surface area contributed by atoms with Crippen LogP contribution in [0.4, 0.5) is 0 Å². The highest BCUT2D eigenvalue weighted by Gasteiger charge is 2.63. The van der Waals surface area contributed by atoms with E-state index in [9.17, 15) is 20.1 Å². The summed E-state index contributed by atoms with van der Waals surface area (Å²) in [5, 5.41) is 31.2. The molecule has 1 saturated carbocycles. The number of hydrogen-bond acceptors (Lipinski definition) is 5. The van der Waals surface area contributed by atoms with E-state index in [2.05, 4.69) is 20.8 Å². The smallest absolute Gasteiger partial charge is 0.306 e. The second kappa shape index (κ2) is 7.99. The van der Waals surface area contributed by atoms with Crippen molar-refractivity contribution in [1.82, 2.24) is 0 Å². The Morgan fingerprint density at radius 3 is 2.50 bits per heavy atom. The first-order chi connectivity index (χ1) is 12.2. The van der Waals surface area contributed by atoms with Crippen LogP contribution in [0.3, 0.4) is 0 Å². The Kier molecular flexibility index (Phi) is 6.57. The molecule has 0 aromatic heterocycles. The normalized spacial score (nSPS) is 36.2. The van der Waals surface area contributed by atoms with Crippen LogP contribution in [0.25, 0.3) is 0 Å². The van der Waals surface area contributed by atoms with Crippen molar-refractivity contribution >= 4 is 5.97 Å². The van der Waals surface area contributed by atoms with Gasteiger partial charge in [0.1, 0.15) is 11.7 Å². The van der Waals surface area contributed by atoms with Gasteiger partial charge in [-0.25, -0.2) is 0 Å². The van der Waals surface area contributed by atoms with Gasteiger partial charge in [0.15, 0.2) is 0 Å². The molecule has 0 bridgehead atoms. The van der Waals surface area contributed by atoms with Crippen molar-refractivity contribution in [3.8, 4) is 0 Å². The fourth-order valence-electron chi connectivity index (χ4n) is 5.45. The van der Waals surface area contributed by atoms with E-state index in [0.29, 0.717) is 12.0 Å². The fraction of sp³-hybridized carbons (Fsp3) is 0.857. The topological polar surface area (TPSA) is 87.0 Å². The van der Waals surface area contributed by atoms with Gasteiger partial charge in [0.25, 0.3) is 0 Å². The van der Waals surface area contributed by atoms with Gasteiger partial charge in [-0.3, -0.25) is 4.79 Å². The van der Waals surface area contributed by atoms with Crippen LogP contribution < -0.4 is 0 Å². The number of aliphatic hydroxyl groups is 3. The molecule has 4 atom stereocenters. The maximum absolute atomic E-state index is 12.4. The number of ether oxygens (including phenoxy) is 1. The standard InChI is InChI=1S/C21H36O5/c1-5-6-7-9-17(24)26-16-12-15(13-22)21(25,14-23)20(4)11-8-10-19(2,3)18(16)20/h12,16,18,22-23,25H,5-11,13-14H2,1-4H3/t16-,18-,20-,21-/m0/s1. The van der Waals surface area contributed by atoms with Gasteiger partial charge in [0.2, 0.25) is 0 Å². The first-order valence-electron chi connectivity index (χ1n) is 10.0. The average Bonchev–Trinajstić information content (AvgIpc) is 2.57. The van der Waals surface area contributed by atoms with Gasteiger partial charge in [-0.2, -0.15) is 0 Å². The second-order valence-corrected chi connectivity index (χ2v) is 9.02. The lowest BCUT2D eigenvalue weighted by molar-refractivity contribution is -0.200. The predicted octanol–water partition coefficient (Wildman–Crippen LogP) is 2.97. The molecule has 0 aromatic carbocycles. The minimum absolute atomic E-state index is 0.119. The molecular formula is C21H36O5. The number of rotatable bonds is 7. The van der Waals surface area contributed by atoms with Crippen LogP contribution in [0.2, 0.25) is 0 Å². The highest BCUT2D eigenvalue weighted by Crippen LogP contribution is 2.61. The van der Waals surface area contributed by atoms with E-state index in [-0.39, 0.29) is 23.9 Å². The van der Waals surface area contributed by atoms with E-state index in [0.717, 1.165) is 38.5 Å². The molecule has 0 unspecified atom stereocenters. The zero-order chi connectivity index (χ0) is 19.6. The maximum atomic E-state index is 12.4. The molecular weight excluding hydrogens is 332 g/mol. The SMILES string of the molecule is CCCCCC(=O)O[C@H]1C=C(CO)[C@@](O)(CO)[C@@]2(C)CCCC(C)(C)[C@H]12. The van der Waals surface area contributed by atoms with E-state index >= 15 is 0 Å². The van der Waals surface area contributed by atoms with Crippen molar-refractivity contribution in [1.29, 1.82) is 0 Å². The van der Waals surface area contributed by atoms with Crippen LogP contribution in [-0.4, -0.2) is 46.2 Å². The minimum Gasteiger partial charge on any atom is -0.458 e. The summed E-state index contributed by atoms with van der Waals surface area (Å²) < 4.78 is 5.86. The number of esters is 1. The number of fused-ring (bicyclic) bond motifs is 1. The van der Waals surface area contributed by atoms with Gasteiger partial charge in [-0.05, 0) is 36.3 Å². The average molecular weight is 369 g/mol. The monoisotopic (exact) mass is 368 g/mol. The molecule has 2 rings (SSSR count). The van der Waals surface area contributed by atoms with Crippen LogP contribution in [0, 0.1) is 16.7 Å². The summed E-state index contributed by atoms with van der Waals surface area (Å²) in [4.78, 5) is 12.4. The molecule has 2 aliphatic rings. The third-order valence-electron chi connectivity index (χ3n) is 6.87. The summed E-state index contributed by atoms with van der Waals surface area (Å²) in [6.07, 6.45) is 7.06. The number of carbonyl (C=O) groups excluding carboxylic acids is 1. The lowest BCUT2D eigenvalue weighted by Gasteiger charge is -2.61. The maximum Gasteiger partial charge on any atom is 0.306 e. The van der Waals surface area contributed by atoms with E-state index in [1.165, 1.54) is 0 Å². The zero-order valence-electron chi connectivity index (χ0n) is 16.8. The third kappa shape index (κ3) is 3.58. The lowest BCUT2D eigenvalue weighted by atomic mass is 9.46. The minimum atomic E-state index is -1.49. The van der Waals surface area contributed by atoms with Crippen LogP contribution in [0.15, 0.2) is 11.6 Å². The number of unbranched alkanes of at least 4 members (excludes halogenated alkanes) is 2. The van der Waals surface area contributed by atoms with E-state index in [1.54, 1.807) is 6.08 Å². The summed E-state index contributed by atoms with van der Waals surface area (Å²) in [6, 6.07) is 0. The molecule has 0 radical (unpaired) electrons. The molecule has 0 aromatic rings. The molecule has 0 saturated heterocycles. The zero-order valence-corrected chi connectivity index (χ0v) is 16.8. The molecule has 2 aliphatic carbocycles. The predicted molar refractivity (Wildman–Crippen MR) is 100 cm³/mol. The van der Waals surface area contributed by atoms with Crippen molar-refractivity contribution in [2.24, 2.45) is 16.7 Å². The van der Waals surface area contributed by atoms with Crippen molar-refractivity contribution < 1.29 is 24.9 Å². The number of aliphatic hydroxyl groups excluding tert-OH is 2. The molecule has 26 heavy (non-hydrogen) atoms. The van der Waals surface area contributed by atoms with E-state index in [1.807, 2.05) is 6.92 Å². The Hall–Kier alpha value is -0.910. The number of carbonyl (C=O) groups is 1. The quantitative estimate of drug-likeness (QED) is 0.365. The first-order valence-corrected chi connectivity index (χ1v) is 10.0. The Labute approximate surface area is 157 Å². The van der Waals surface area contributed by atoms with Crippen molar-refractivity contribution in [3.63, 3.8) is 0 Å². The van der Waals surface area contributed by atoms with Gasteiger partial charge in [0.05, 0.1) is 13.2 Å². The lowest BCUT2D eigenvalue weighted by Crippen LogP contribution is -2.65. The highest BCUT2D eigenvalue weighted by atomic mass is 16.5. The highest BCUT2D eigenvalue weighted by molar-refractivity contribution is 5.69. The summed E-state index contributed by atoms with van der Waals surface area (Å²) in [7, 11) is 0. The molecule has 150 valence electrons. The van der Waals surface area contributed by atoms with Gasteiger partial charge in [-0.15, -0.1) is 0 Å².